The minimum Gasteiger partial charge on any atom is -0.305 e. The van der Waals surface area contributed by atoms with Crippen molar-refractivity contribution in [1.29, 1.82) is 0 Å². The van der Waals surface area contributed by atoms with Crippen LogP contribution >= 0.6 is 0 Å². The lowest BCUT2D eigenvalue weighted by atomic mass is 10.0. The van der Waals surface area contributed by atoms with Gasteiger partial charge in [-0.1, -0.05) is 24.3 Å². The average Bonchev–Trinajstić information content (AvgIpc) is 3.06. The second-order valence-corrected chi connectivity index (χ2v) is 5.90. The third-order valence-electron chi connectivity index (χ3n) is 4.16. The van der Waals surface area contributed by atoms with Crippen LogP contribution in [0, 0.1) is 17.5 Å². The second-order valence-electron chi connectivity index (χ2n) is 5.90. The van der Waals surface area contributed by atoms with E-state index in [0.29, 0.717) is 22.0 Å². The van der Waals surface area contributed by atoms with Gasteiger partial charge in [0.1, 0.15) is 5.82 Å². The lowest BCUT2D eigenvalue weighted by Crippen LogP contribution is -2.13. The van der Waals surface area contributed by atoms with Gasteiger partial charge in [0.05, 0.1) is 5.52 Å². The van der Waals surface area contributed by atoms with Crippen LogP contribution in [0.15, 0.2) is 60.7 Å². The van der Waals surface area contributed by atoms with Crippen LogP contribution in [0.5, 0.6) is 0 Å². The Bertz CT molecular complexity index is 1170. The zero-order chi connectivity index (χ0) is 19.0. The minimum absolute atomic E-state index is 0.0342. The highest BCUT2D eigenvalue weighted by Gasteiger charge is 2.14. The number of anilines is 1. The number of rotatable bonds is 3. The molecule has 0 saturated carbocycles. The average molecular weight is 367 g/mol. The molecule has 3 aromatic carbocycles. The number of nitrogens with one attached hydrogen (secondary N) is 2. The van der Waals surface area contributed by atoms with Gasteiger partial charge in [-0.3, -0.25) is 9.89 Å². The van der Waals surface area contributed by atoms with Gasteiger partial charge in [-0.05, 0) is 42.0 Å². The third kappa shape index (κ3) is 3.15. The fourth-order valence-corrected chi connectivity index (χ4v) is 2.79. The SMILES string of the molecule is O=C(Nc1n[nH]c2cc(-c3ccccc3F)ccc12)c1ccc(F)c(F)c1. The molecule has 0 aliphatic heterocycles. The number of aromatic amines is 1. The normalized spacial score (nSPS) is 10.9. The molecule has 2 N–H and O–H groups in total. The molecule has 0 saturated heterocycles. The van der Waals surface area contributed by atoms with E-state index >= 15 is 0 Å². The van der Waals surface area contributed by atoms with Gasteiger partial charge < -0.3 is 5.32 Å². The Balaban J connectivity index is 1.65. The fraction of sp³-hybridized carbons (Fsp3) is 0. The van der Waals surface area contributed by atoms with E-state index in [9.17, 15) is 18.0 Å². The standard InChI is InChI=1S/C20H12F3N3O/c21-15-4-2-1-3-13(15)11-5-7-14-18(10-11)25-26-19(14)24-20(27)12-6-8-16(22)17(23)9-12/h1-10H,(H2,24,25,26,27). The number of fused-ring (bicyclic) bond motifs is 1. The number of hydrogen-bond acceptors (Lipinski definition) is 2. The molecular formula is C20H12F3N3O. The molecule has 0 spiro atoms. The summed E-state index contributed by atoms with van der Waals surface area (Å²) < 4.78 is 40.3. The number of hydrogen-bond donors (Lipinski definition) is 2. The van der Waals surface area contributed by atoms with E-state index in [4.69, 9.17) is 0 Å². The first kappa shape index (κ1) is 16.8. The van der Waals surface area contributed by atoms with Crippen molar-refractivity contribution in [3.63, 3.8) is 0 Å². The van der Waals surface area contributed by atoms with Gasteiger partial charge in [0.25, 0.3) is 5.91 Å². The van der Waals surface area contributed by atoms with Crippen molar-refractivity contribution in [2.45, 2.75) is 0 Å². The van der Waals surface area contributed by atoms with Crippen LogP contribution in [0.2, 0.25) is 0 Å². The van der Waals surface area contributed by atoms with Gasteiger partial charge >= 0.3 is 0 Å². The van der Waals surface area contributed by atoms with Crippen molar-refractivity contribution in [1.82, 2.24) is 10.2 Å². The molecule has 0 bridgehead atoms. The maximum absolute atomic E-state index is 14.0. The molecule has 0 aliphatic carbocycles. The van der Waals surface area contributed by atoms with Crippen LogP contribution in [0.4, 0.5) is 19.0 Å². The van der Waals surface area contributed by atoms with E-state index < -0.39 is 17.5 Å². The van der Waals surface area contributed by atoms with Crippen molar-refractivity contribution in [3.05, 3.63) is 83.7 Å². The number of carbonyl (C=O) groups is 1. The number of amides is 1. The van der Waals surface area contributed by atoms with Crippen LogP contribution in [0.1, 0.15) is 10.4 Å². The summed E-state index contributed by atoms with van der Waals surface area (Å²) in [6, 6.07) is 14.4. The van der Waals surface area contributed by atoms with Gasteiger partial charge in [-0.15, -0.1) is 0 Å². The number of carbonyl (C=O) groups excluding carboxylic acids is 1. The predicted octanol–water partition coefficient (Wildman–Crippen LogP) is 4.90. The molecule has 1 aromatic heterocycles. The molecule has 27 heavy (non-hydrogen) atoms. The first-order chi connectivity index (χ1) is 13.0. The van der Waals surface area contributed by atoms with E-state index in [0.717, 1.165) is 12.1 Å². The minimum atomic E-state index is -1.11. The van der Waals surface area contributed by atoms with Gasteiger partial charge in [-0.2, -0.15) is 5.10 Å². The van der Waals surface area contributed by atoms with Crippen LogP contribution in [-0.4, -0.2) is 16.1 Å². The molecule has 7 heteroatoms. The number of benzene rings is 3. The van der Waals surface area contributed by atoms with Crippen molar-refractivity contribution in [2.24, 2.45) is 0 Å². The monoisotopic (exact) mass is 367 g/mol. The quantitative estimate of drug-likeness (QED) is 0.541. The number of aromatic nitrogens is 2. The summed E-state index contributed by atoms with van der Waals surface area (Å²) in [5.41, 5.74) is 1.66. The topological polar surface area (TPSA) is 57.8 Å². The van der Waals surface area contributed by atoms with Crippen molar-refractivity contribution >= 4 is 22.6 Å². The summed E-state index contributed by atoms with van der Waals surface area (Å²) in [4.78, 5) is 12.2. The molecule has 1 heterocycles. The highest BCUT2D eigenvalue weighted by molar-refractivity contribution is 6.08. The van der Waals surface area contributed by atoms with E-state index in [1.165, 1.54) is 12.1 Å². The highest BCUT2D eigenvalue weighted by Crippen LogP contribution is 2.28. The third-order valence-corrected chi connectivity index (χ3v) is 4.16. The number of H-pyrrole nitrogens is 1. The first-order valence-corrected chi connectivity index (χ1v) is 8.02. The molecule has 134 valence electrons. The summed E-state index contributed by atoms with van der Waals surface area (Å²) in [6.07, 6.45) is 0. The van der Waals surface area contributed by atoms with Crippen LogP contribution in [0.3, 0.4) is 0 Å². The Labute approximate surface area is 151 Å². The lowest BCUT2D eigenvalue weighted by molar-refractivity contribution is 0.102. The van der Waals surface area contributed by atoms with Gasteiger partial charge in [0.2, 0.25) is 0 Å². The summed E-state index contributed by atoms with van der Waals surface area (Å²) in [5.74, 6) is -2.87. The Kier molecular flexibility index (Phi) is 4.12. The lowest BCUT2D eigenvalue weighted by Gasteiger charge is -2.05. The van der Waals surface area contributed by atoms with Gasteiger partial charge in [0, 0.05) is 16.5 Å². The molecular weight excluding hydrogens is 355 g/mol. The van der Waals surface area contributed by atoms with E-state index in [-0.39, 0.29) is 17.2 Å². The molecule has 0 aliphatic rings. The molecule has 1 amide bonds. The molecule has 4 rings (SSSR count). The van der Waals surface area contributed by atoms with Crippen molar-refractivity contribution in [2.75, 3.05) is 5.32 Å². The van der Waals surface area contributed by atoms with Gasteiger partial charge in [0.15, 0.2) is 17.5 Å². The first-order valence-electron chi connectivity index (χ1n) is 8.02. The van der Waals surface area contributed by atoms with E-state index in [1.54, 1.807) is 36.4 Å². The van der Waals surface area contributed by atoms with Crippen LogP contribution in [0.25, 0.3) is 22.0 Å². The second kappa shape index (κ2) is 6.60. The maximum Gasteiger partial charge on any atom is 0.256 e. The van der Waals surface area contributed by atoms with Crippen molar-refractivity contribution in [3.8, 4) is 11.1 Å². The zero-order valence-electron chi connectivity index (χ0n) is 13.8. The Morgan fingerprint density at radius 3 is 2.48 bits per heavy atom. The van der Waals surface area contributed by atoms with Gasteiger partial charge in [-0.25, -0.2) is 13.2 Å². The molecule has 4 nitrogen and oxygen atoms in total. The zero-order valence-corrected chi connectivity index (χ0v) is 13.8. The summed E-state index contributed by atoms with van der Waals surface area (Å²) in [7, 11) is 0. The summed E-state index contributed by atoms with van der Waals surface area (Å²) >= 11 is 0. The largest absolute Gasteiger partial charge is 0.305 e. The predicted molar refractivity (Wildman–Crippen MR) is 95.8 cm³/mol. The summed E-state index contributed by atoms with van der Waals surface area (Å²) in [5, 5.41) is 9.97. The highest BCUT2D eigenvalue weighted by atomic mass is 19.2. The summed E-state index contributed by atoms with van der Waals surface area (Å²) in [6.45, 7) is 0. The molecule has 0 unspecified atom stereocenters. The van der Waals surface area contributed by atoms with Crippen molar-refractivity contribution < 1.29 is 18.0 Å². The molecule has 0 radical (unpaired) electrons. The Morgan fingerprint density at radius 1 is 0.889 bits per heavy atom. The fourth-order valence-electron chi connectivity index (χ4n) is 2.79. The smallest absolute Gasteiger partial charge is 0.256 e. The number of halogens is 3. The van der Waals surface area contributed by atoms with Crippen LogP contribution in [-0.2, 0) is 0 Å². The van der Waals surface area contributed by atoms with E-state index in [2.05, 4.69) is 15.5 Å². The Morgan fingerprint density at radius 2 is 1.70 bits per heavy atom. The molecule has 0 atom stereocenters. The van der Waals surface area contributed by atoms with E-state index in [1.807, 2.05) is 0 Å². The maximum atomic E-state index is 14.0. The Hall–Kier alpha value is -3.61. The molecule has 4 aromatic rings. The molecule has 0 fully saturated rings. The number of nitrogens with zero attached hydrogens (tertiary/aromatic N) is 1. The van der Waals surface area contributed by atoms with Crippen LogP contribution < -0.4 is 5.32 Å².